The molecular formula is C11H22N2S. The van der Waals surface area contributed by atoms with Crippen LogP contribution in [0.5, 0.6) is 0 Å². The molecular weight excluding hydrogens is 192 g/mol. The molecule has 2 N–H and O–H groups in total. The Hall–Kier alpha value is 0.270. The topological polar surface area (TPSA) is 29.3 Å². The summed E-state index contributed by atoms with van der Waals surface area (Å²) in [6.07, 6.45) is 3.87. The lowest BCUT2D eigenvalue weighted by Crippen LogP contribution is -2.42. The molecule has 0 amide bonds. The van der Waals surface area contributed by atoms with Crippen molar-refractivity contribution in [3.8, 4) is 0 Å². The van der Waals surface area contributed by atoms with Gasteiger partial charge in [-0.05, 0) is 32.1 Å². The zero-order valence-corrected chi connectivity index (χ0v) is 9.93. The number of nitrogens with zero attached hydrogens (tertiary/aromatic N) is 1. The summed E-state index contributed by atoms with van der Waals surface area (Å²) in [5.41, 5.74) is 5.94. The first-order valence-electron chi connectivity index (χ1n) is 5.83. The fourth-order valence-corrected chi connectivity index (χ4v) is 3.73. The smallest absolute Gasteiger partial charge is 0.0158 e. The van der Waals surface area contributed by atoms with Gasteiger partial charge in [0.1, 0.15) is 0 Å². The third-order valence-electron chi connectivity index (χ3n) is 3.58. The van der Waals surface area contributed by atoms with Gasteiger partial charge in [0, 0.05) is 36.7 Å². The van der Waals surface area contributed by atoms with Crippen LogP contribution in [-0.4, -0.2) is 41.6 Å². The normalized spacial score (nSPS) is 40.3. The highest BCUT2D eigenvalue weighted by molar-refractivity contribution is 7.99. The molecule has 0 aromatic rings. The molecule has 3 atom stereocenters. The van der Waals surface area contributed by atoms with Crippen LogP contribution in [0.4, 0.5) is 0 Å². The zero-order valence-electron chi connectivity index (χ0n) is 9.11. The molecule has 14 heavy (non-hydrogen) atoms. The Balaban J connectivity index is 1.78. The van der Waals surface area contributed by atoms with Gasteiger partial charge < -0.3 is 5.73 Å². The van der Waals surface area contributed by atoms with E-state index >= 15 is 0 Å². The molecule has 0 spiro atoms. The molecule has 0 bridgehead atoms. The van der Waals surface area contributed by atoms with Gasteiger partial charge in [0.05, 0.1) is 0 Å². The second-order valence-electron chi connectivity index (χ2n) is 4.86. The van der Waals surface area contributed by atoms with Gasteiger partial charge in [0.2, 0.25) is 0 Å². The molecule has 1 saturated heterocycles. The average Bonchev–Trinajstić information content (AvgIpc) is 2.56. The van der Waals surface area contributed by atoms with Crippen molar-refractivity contribution in [1.29, 1.82) is 0 Å². The second-order valence-corrected chi connectivity index (χ2v) is 6.01. The Morgan fingerprint density at radius 2 is 2.29 bits per heavy atom. The van der Waals surface area contributed by atoms with Crippen LogP contribution in [0.3, 0.4) is 0 Å². The SMILES string of the molecule is CC1CSCCN1CC1CCC(N)C1. The van der Waals surface area contributed by atoms with Gasteiger partial charge in [-0.15, -0.1) is 0 Å². The van der Waals surface area contributed by atoms with Crippen LogP contribution in [0.1, 0.15) is 26.2 Å². The van der Waals surface area contributed by atoms with Crippen LogP contribution in [0, 0.1) is 5.92 Å². The number of nitrogens with two attached hydrogens (primary N) is 1. The van der Waals surface area contributed by atoms with Gasteiger partial charge in [-0.2, -0.15) is 11.8 Å². The summed E-state index contributed by atoms with van der Waals surface area (Å²) in [7, 11) is 0. The van der Waals surface area contributed by atoms with E-state index in [-0.39, 0.29) is 0 Å². The van der Waals surface area contributed by atoms with Crippen molar-refractivity contribution in [1.82, 2.24) is 4.90 Å². The molecule has 2 fully saturated rings. The van der Waals surface area contributed by atoms with E-state index in [1.165, 1.54) is 43.9 Å². The van der Waals surface area contributed by atoms with Gasteiger partial charge in [0.25, 0.3) is 0 Å². The molecule has 1 aliphatic carbocycles. The van der Waals surface area contributed by atoms with E-state index in [9.17, 15) is 0 Å². The fraction of sp³-hybridized carbons (Fsp3) is 1.00. The van der Waals surface area contributed by atoms with Crippen molar-refractivity contribution in [2.75, 3.05) is 24.6 Å². The van der Waals surface area contributed by atoms with E-state index < -0.39 is 0 Å². The second kappa shape index (κ2) is 4.86. The summed E-state index contributed by atoms with van der Waals surface area (Å²) in [4.78, 5) is 2.67. The van der Waals surface area contributed by atoms with E-state index in [0.29, 0.717) is 6.04 Å². The Labute approximate surface area is 91.6 Å². The highest BCUT2D eigenvalue weighted by Crippen LogP contribution is 2.27. The molecule has 3 heteroatoms. The van der Waals surface area contributed by atoms with E-state index in [4.69, 9.17) is 5.73 Å². The highest BCUT2D eigenvalue weighted by Gasteiger charge is 2.26. The third-order valence-corrected chi connectivity index (χ3v) is 4.77. The van der Waals surface area contributed by atoms with E-state index in [0.717, 1.165) is 12.0 Å². The maximum absolute atomic E-state index is 5.94. The van der Waals surface area contributed by atoms with E-state index in [1.807, 2.05) is 0 Å². The van der Waals surface area contributed by atoms with Crippen molar-refractivity contribution >= 4 is 11.8 Å². The van der Waals surface area contributed by atoms with E-state index in [2.05, 4.69) is 23.6 Å². The Morgan fingerprint density at radius 1 is 1.43 bits per heavy atom. The van der Waals surface area contributed by atoms with Crippen LogP contribution in [0.15, 0.2) is 0 Å². The van der Waals surface area contributed by atoms with Crippen molar-refractivity contribution in [3.63, 3.8) is 0 Å². The summed E-state index contributed by atoms with van der Waals surface area (Å²) in [6, 6.07) is 1.28. The molecule has 2 aliphatic rings. The van der Waals surface area contributed by atoms with Crippen LogP contribution >= 0.6 is 11.8 Å². The number of rotatable bonds is 2. The lowest BCUT2D eigenvalue weighted by Gasteiger charge is -2.34. The standard InChI is InChI=1S/C11H22N2S/c1-9-8-14-5-4-13(9)7-10-2-3-11(12)6-10/h9-11H,2-8,12H2,1H3. The average molecular weight is 214 g/mol. The van der Waals surface area contributed by atoms with Gasteiger partial charge in [-0.1, -0.05) is 0 Å². The van der Waals surface area contributed by atoms with Crippen molar-refractivity contribution in [3.05, 3.63) is 0 Å². The lowest BCUT2D eigenvalue weighted by molar-refractivity contribution is 0.196. The first-order chi connectivity index (χ1) is 6.75. The fourth-order valence-electron chi connectivity index (χ4n) is 2.64. The molecule has 0 aromatic carbocycles. The van der Waals surface area contributed by atoms with Crippen molar-refractivity contribution in [2.45, 2.75) is 38.3 Å². The largest absolute Gasteiger partial charge is 0.328 e. The minimum Gasteiger partial charge on any atom is -0.328 e. The summed E-state index contributed by atoms with van der Waals surface area (Å²) in [5, 5.41) is 0. The van der Waals surface area contributed by atoms with Crippen LogP contribution in [0.25, 0.3) is 0 Å². The lowest BCUT2D eigenvalue weighted by atomic mass is 10.1. The molecule has 1 saturated carbocycles. The van der Waals surface area contributed by atoms with Crippen molar-refractivity contribution < 1.29 is 0 Å². The third kappa shape index (κ3) is 2.65. The Kier molecular flexibility index (Phi) is 3.74. The quantitative estimate of drug-likeness (QED) is 0.756. The Morgan fingerprint density at radius 3 is 2.93 bits per heavy atom. The molecule has 2 nitrogen and oxygen atoms in total. The predicted octanol–water partition coefficient (Wildman–Crippen LogP) is 1.55. The predicted molar refractivity (Wildman–Crippen MR) is 63.7 cm³/mol. The Bertz CT molecular complexity index is 186. The molecule has 1 aliphatic heterocycles. The first kappa shape index (κ1) is 10.8. The summed E-state index contributed by atoms with van der Waals surface area (Å²) >= 11 is 2.10. The van der Waals surface area contributed by atoms with Crippen molar-refractivity contribution in [2.24, 2.45) is 11.7 Å². The monoisotopic (exact) mass is 214 g/mol. The minimum atomic E-state index is 0.495. The number of hydrogen-bond donors (Lipinski definition) is 1. The van der Waals surface area contributed by atoms with Gasteiger partial charge in [0.15, 0.2) is 0 Å². The minimum absolute atomic E-state index is 0.495. The van der Waals surface area contributed by atoms with Crippen LogP contribution in [0.2, 0.25) is 0 Å². The molecule has 82 valence electrons. The number of thioether (sulfide) groups is 1. The zero-order chi connectivity index (χ0) is 9.97. The molecule has 3 unspecified atom stereocenters. The van der Waals surface area contributed by atoms with E-state index in [1.54, 1.807) is 0 Å². The van der Waals surface area contributed by atoms with Gasteiger partial charge in [-0.3, -0.25) is 4.90 Å². The summed E-state index contributed by atoms with van der Waals surface area (Å²) < 4.78 is 0. The maximum atomic E-state index is 5.94. The molecule has 1 heterocycles. The summed E-state index contributed by atoms with van der Waals surface area (Å²) in [6.45, 7) is 4.95. The first-order valence-corrected chi connectivity index (χ1v) is 6.98. The number of hydrogen-bond acceptors (Lipinski definition) is 3. The molecule has 0 aromatic heterocycles. The molecule has 2 rings (SSSR count). The summed E-state index contributed by atoms with van der Waals surface area (Å²) in [5.74, 6) is 3.53. The molecule has 0 radical (unpaired) electrons. The van der Waals surface area contributed by atoms with Crippen LogP contribution in [-0.2, 0) is 0 Å². The van der Waals surface area contributed by atoms with Gasteiger partial charge in [-0.25, -0.2) is 0 Å². The van der Waals surface area contributed by atoms with Crippen LogP contribution < -0.4 is 5.73 Å². The maximum Gasteiger partial charge on any atom is 0.0158 e. The highest BCUT2D eigenvalue weighted by atomic mass is 32.2. The van der Waals surface area contributed by atoms with Gasteiger partial charge >= 0.3 is 0 Å².